The molecule has 0 aliphatic rings. The van der Waals surface area contributed by atoms with Crippen molar-refractivity contribution >= 4 is 95.5 Å². The van der Waals surface area contributed by atoms with Crippen molar-refractivity contribution in [2.45, 2.75) is 144 Å². The molecule has 0 fully saturated rings. The summed E-state index contributed by atoms with van der Waals surface area (Å²) in [5.74, 6) is -16.1. The van der Waals surface area contributed by atoms with Gasteiger partial charge in [-0.15, -0.1) is 0 Å². The number of hydrogen-bond acceptors (Lipinski definition) is 20. The van der Waals surface area contributed by atoms with E-state index >= 15 is 0 Å². The lowest BCUT2D eigenvalue weighted by molar-refractivity contribution is -0.143. The van der Waals surface area contributed by atoms with E-state index in [1.165, 1.54) is 0 Å². The minimum absolute atomic E-state index is 0.0521. The molecular weight excluding hydrogens is 1060 g/mol. The summed E-state index contributed by atoms with van der Waals surface area (Å²) in [7, 11) is 0. The first kappa shape index (κ1) is 70.5. The largest absolute Gasteiger partial charge is 0.481 e. The zero-order valence-electron chi connectivity index (χ0n) is 43.0. The second-order valence-corrected chi connectivity index (χ2v) is 17.9. The highest BCUT2D eigenvalue weighted by atomic mass is 32.1. The molecule has 0 aromatic rings. The Balaban J connectivity index is 6.17. The molecule has 10 atom stereocenters. The summed E-state index contributed by atoms with van der Waals surface area (Å²) in [5.41, 5.74) is 37.9. The molecule has 0 bridgehead atoms. The van der Waals surface area contributed by atoms with Crippen molar-refractivity contribution in [3.8, 4) is 0 Å². The second-order valence-electron chi connectivity index (χ2n) is 17.5. The first-order valence-electron chi connectivity index (χ1n) is 24.4. The monoisotopic (exact) mass is 1140 g/mol. The van der Waals surface area contributed by atoms with Crippen molar-refractivity contribution in [3.63, 3.8) is 0 Å². The summed E-state index contributed by atoms with van der Waals surface area (Å²) < 4.78 is 0. The summed E-state index contributed by atoms with van der Waals surface area (Å²) >= 11 is 4.04. The Labute approximate surface area is 453 Å². The van der Waals surface area contributed by atoms with Crippen LogP contribution in [0.4, 0.5) is 0 Å². The van der Waals surface area contributed by atoms with Gasteiger partial charge < -0.3 is 108 Å². The normalized spacial score (nSPS) is 14.7. The molecule has 0 spiro atoms. The van der Waals surface area contributed by atoms with E-state index in [1.54, 1.807) is 0 Å². The number of primary amides is 2. The van der Waals surface area contributed by atoms with E-state index in [0.29, 0.717) is 25.8 Å². The Kier molecular flexibility index (Phi) is 34.5. The molecule has 442 valence electrons. The fraction of sp³-hybridized carbons (Fsp3) is 0.674. The number of carboxylic acid groups (broad SMARTS) is 2. The summed E-state index contributed by atoms with van der Waals surface area (Å²) in [6, 6.07) is -16.4. The number of guanidine groups is 1. The molecule has 0 saturated heterocycles. The number of carbonyl (C=O) groups excluding carboxylic acids is 11. The van der Waals surface area contributed by atoms with E-state index in [9.17, 15) is 82.8 Å². The number of rotatable bonds is 41. The van der Waals surface area contributed by atoms with Crippen LogP contribution in [0.25, 0.3) is 0 Å². The molecular formula is C43H77N17O17S. The zero-order chi connectivity index (χ0) is 59.7. The van der Waals surface area contributed by atoms with Gasteiger partial charge in [0.15, 0.2) is 5.96 Å². The molecule has 0 rings (SSSR count). The average Bonchev–Trinajstić information content (AvgIpc) is 3.36. The molecule has 0 heterocycles. The first-order valence-corrected chi connectivity index (χ1v) is 25.1. The Morgan fingerprint density at radius 1 is 0.462 bits per heavy atom. The molecule has 0 aromatic carbocycles. The number of nitrogens with zero attached hydrogens (tertiary/aromatic N) is 1. The lowest BCUT2D eigenvalue weighted by atomic mass is 10.1. The smallest absolute Gasteiger partial charge is 0.326 e. The third kappa shape index (κ3) is 28.6. The summed E-state index contributed by atoms with van der Waals surface area (Å²) in [4.78, 5) is 171. The standard InChI is InChI=1S/C43H77N17O17S/c1-20(33(67)58-27(17-61)39(73)53-22(8-3-5-13-45)35(69)55-24(42(76)77)9-6-14-51-43(49)50)52-37(71)26(16-32(65)66)57-36(70)23(10-11-30(47)63)54-41(75)29(19-78)60-40(74)28(18-62)59-38(72)25(15-31(48)64)56-34(68)21(46)7-2-4-12-44/h20-29,61-62,78H,2-19,44-46H2,1H3,(H2,47,63)(H2,48,64)(H,52,71)(H,53,73)(H,54,75)(H,55,69)(H,56,68)(H,57,70)(H,58,67)(H,59,72)(H,60,74)(H,65,66)(H,76,77)(H4,49,50,51)/t20-,21-,22-,23-,24-,25-,26-,27-,28-,29-/m0/s1. The maximum Gasteiger partial charge on any atom is 0.326 e. The van der Waals surface area contributed by atoms with Crippen LogP contribution in [0.15, 0.2) is 4.99 Å². The van der Waals surface area contributed by atoms with E-state index in [2.05, 4.69) is 65.5 Å². The third-order valence-corrected chi connectivity index (χ3v) is 11.4. The van der Waals surface area contributed by atoms with Gasteiger partial charge in [0.25, 0.3) is 0 Å². The highest BCUT2D eigenvalue weighted by Gasteiger charge is 2.35. The highest BCUT2D eigenvalue weighted by Crippen LogP contribution is 2.08. The van der Waals surface area contributed by atoms with Crippen molar-refractivity contribution in [1.82, 2.24) is 47.9 Å². The van der Waals surface area contributed by atoms with Crippen molar-refractivity contribution in [2.24, 2.45) is 45.1 Å². The number of aliphatic hydroxyl groups is 2. The molecule has 0 saturated carbocycles. The number of carboxylic acids is 2. The van der Waals surface area contributed by atoms with E-state index in [-0.39, 0.29) is 51.2 Å². The predicted molar refractivity (Wildman–Crippen MR) is 277 cm³/mol. The molecule has 0 radical (unpaired) electrons. The van der Waals surface area contributed by atoms with Crippen molar-refractivity contribution in [2.75, 3.05) is 38.6 Å². The van der Waals surface area contributed by atoms with Crippen LogP contribution in [0.2, 0.25) is 0 Å². The third-order valence-electron chi connectivity index (χ3n) is 11.0. The van der Waals surface area contributed by atoms with Gasteiger partial charge in [0.05, 0.1) is 32.1 Å². The minimum Gasteiger partial charge on any atom is -0.481 e. The van der Waals surface area contributed by atoms with Crippen LogP contribution in [0, 0.1) is 0 Å². The molecule has 78 heavy (non-hydrogen) atoms. The maximum absolute atomic E-state index is 13.7. The highest BCUT2D eigenvalue weighted by molar-refractivity contribution is 7.80. The quantitative estimate of drug-likeness (QED) is 0.0117. The second kappa shape index (κ2) is 38.1. The minimum atomic E-state index is -2.02. The topological polar surface area (TPSA) is 606 Å². The first-order chi connectivity index (χ1) is 36.6. The summed E-state index contributed by atoms with van der Waals surface area (Å²) in [6.07, 6.45) is -1.26. The zero-order valence-corrected chi connectivity index (χ0v) is 43.9. The number of nitrogens with one attached hydrogen (secondary N) is 9. The van der Waals surface area contributed by atoms with Crippen LogP contribution in [-0.4, -0.2) is 202 Å². The number of unbranched alkanes of at least 4 members (excludes halogenated alkanes) is 2. The molecule has 0 unspecified atom stereocenters. The molecule has 34 nitrogen and oxygen atoms in total. The molecule has 0 aromatic heterocycles. The molecule has 27 N–H and O–H groups in total. The molecule has 0 aliphatic heterocycles. The van der Waals surface area contributed by atoms with Crippen LogP contribution in [-0.2, 0) is 62.3 Å². The number of amides is 11. The fourth-order valence-corrected chi connectivity index (χ4v) is 6.94. The van der Waals surface area contributed by atoms with Crippen LogP contribution >= 0.6 is 12.6 Å². The SMILES string of the molecule is C[C@H](NC(=O)[C@H](CC(=O)O)NC(=O)[C@H](CCC(N)=O)NC(=O)[C@H](CS)NC(=O)[C@H](CO)NC(=O)[C@H](CC(N)=O)NC(=O)[C@@H](N)CCCCN)C(=O)N[C@@H](CO)C(=O)N[C@@H](CCCCN)C(=O)N[C@@H](CCCN=C(N)N)C(=O)O. The van der Waals surface area contributed by atoms with E-state index < -0.39 is 182 Å². The summed E-state index contributed by atoms with van der Waals surface area (Å²) in [6.45, 7) is -0.532. The Morgan fingerprint density at radius 2 is 0.859 bits per heavy atom. The van der Waals surface area contributed by atoms with E-state index in [0.717, 1.165) is 6.92 Å². The lowest BCUT2D eigenvalue weighted by Gasteiger charge is -2.26. The van der Waals surface area contributed by atoms with Gasteiger partial charge in [0.2, 0.25) is 65.0 Å². The molecule has 11 amide bonds. The Bertz CT molecular complexity index is 2100. The van der Waals surface area contributed by atoms with Crippen molar-refractivity contribution in [3.05, 3.63) is 0 Å². The lowest BCUT2D eigenvalue weighted by Crippen LogP contribution is -2.61. The van der Waals surface area contributed by atoms with Gasteiger partial charge in [-0.3, -0.25) is 62.5 Å². The number of hydrogen-bond donors (Lipinski definition) is 21. The number of nitrogens with two attached hydrogens (primary N) is 7. The number of aliphatic hydroxyl groups excluding tert-OH is 2. The Morgan fingerprint density at radius 3 is 1.33 bits per heavy atom. The van der Waals surface area contributed by atoms with Gasteiger partial charge in [-0.25, -0.2) is 4.79 Å². The van der Waals surface area contributed by atoms with Crippen molar-refractivity contribution in [1.29, 1.82) is 0 Å². The van der Waals surface area contributed by atoms with Gasteiger partial charge >= 0.3 is 11.9 Å². The number of aliphatic imine (C=N–C) groups is 1. The molecule has 35 heteroatoms. The maximum atomic E-state index is 13.7. The Hall–Kier alpha value is -7.47. The van der Waals surface area contributed by atoms with E-state index in [1.807, 2.05) is 0 Å². The van der Waals surface area contributed by atoms with Crippen LogP contribution < -0.4 is 88.0 Å². The average molecular weight is 1140 g/mol. The van der Waals surface area contributed by atoms with Gasteiger partial charge in [-0.2, -0.15) is 12.6 Å². The van der Waals surface area contributed by atoms with Gasteiger partial charge in [0, 0.05) is 18.7 Å². The summed E-state index contributed by atoms with van der Waals surface area (Å²) in [5, 5.41) is 59.2. The fourth-order valence-electron chi connectivity index (χ4n) is 6.68. The van der Waals surface area contributed by atoms with Gasteiger partial charge in [-0.05, 0) is 71.4 Å². The van der Waals surface area contributed by atoms with Crippen LogP contribution in [0.5, 0.6) is 0 Å². The van der Waals surface area contributed by atoms with Crippen molar-refractivity contribution < 1.29 is 82.8 Å². The predicted octanol–water partition coefficient (Wildman–Crippen LogP) is -10.4. The van der Waals surface area contributed by atoms with Crippen LogP contribution in [0.1, 0.15) is 84.0 Å². The number of aliphatic carboxylic acids is 2. The number of carbonyl (C=O) groups is 13. The van der Waals surface area contributed by atoms with E-state index in [4.69, 9.17) is 40.1 Å². The number of thiol groups is 1. The van der Waals surface area contributed by atoms with Gasteiger partial charge in [-0.1, -0.05) is 6.42 Å². The molecule has 0 aliphatic carbocycles. The van der Waals surface area contributed by atoms with Gasteiger partial charge in [0.1, 0.15) is 54.4 Å². The van der Waals surface area contributed by atoms with Crippen LogP contribution in [0.3, 0.4) is 0 Å².